The molecule has 6 heteroatoms. The van der Waals surface area contributed by atoms with Gasteiger partial charge in [0.15, 0.2) is 5.82 Å². The molecule has 0 spiro atoms. The fraction of sp³-hybridized carbons (Fsp3) is 0.111. The van der Waals surface area contributed by atoms with E-state index in [0.717, 1.165) is 0 Å². The Labute approximate surface area is 90.3 Å². The number of aromatic amines is 1. The largest absolute Gasteiger partial charge is 0.324 e. The van der Waals surface area contributed by atoms with E-state index in [1.165, 1.54) is 12.1 Å². The molecule has 3 N–H and O–H groups in total. The van der Waals surface area contributed by atoms with Crippen LogP contribution in [0.25, 0.3) is 11.4 Å². The summed E-state index contributed by atoms with van der Waals surface area (Å²) in [6.45, 7) is 0.280. The lowest BCUT2D eigenvalue weighted by Crippen LogP contribution is -1.97. The lowest BCUT2D eigenvalue weighted by Gasteiger charge is -1.96. The fourth-order valence-corrected chi connectivity index (χ4v) is 1.33. The predicted octanol–water partition coefficient (Wildman–Crippen LogP) is 1.72. The quantitative estimate of drug-likeness (QED) is 0.820. The Balaban J connectivity index is 2.40. The summed E-state index contributed by atoms with van der Waals surface area (Å²) >= 11 is 5.64. The molecule has 0 saturated carbocycles. The highest BCUT2D eigenvalue weighted by atomic mass is 35.5. The smallest absolute Gasteiger partial charge is 0.181 e. The number of nitrogens with zero attached hydrogens (tertiary/aromatic N) is 2. The normalized spacial score (nSPS) is 10.6. The number of aromatic nitrogens is 3. The first kappa shape index (κ1) is 10.1. The van der Waals surface area contributed by atoms with Crippen molar-refractivity contribution >= 4 is 11.6 Å². The molecule has 15 heavy (non-hydrogen) atoms. The van der Waals surface area contributed by atoms with E-state index in [0.29, 0.717) is 17.2 Å². The first-order valence-electron chi connectivity index (χ1n) is 4.27. The summed E-state index contributed by atoms with van der Waals surface area (Å²) in [7, 11) is 0. The van der Waals surface area contributed by atoms with Crippen molar-refractivity contribution in [2.75, 3.05) is 0 Å². The van der Waals surface area contributed by atoms with Gasteiger partial charge in [0, 0.05) is 5.56 Å². The van der Waals surface area contributed by atoms with Gasteiger partial charge in [0.05, 0.1) is 11.6 Å². The van der Waals surface area contributed by atoms with Crippen LogP contribution in [0.5, 0.6) is 0 Å². The Hall–Kier alpha value is -1.46. The van der Waals surface area contributed by atoms with Crippen LogP contribution in [0.3, 0.4) is 0 Å². The van der Waals surface area contributed by atoms with Crippen LogP contribution in [0.2, 0.25) is 5.02 Å². The molecule has 0 amide bonds. The second-order valence-electron chi connectivity index (χ2n) is 2.94. The van der Waals surface area contributed by atoms with Crippen molar-refractivity contribution in [1.82, 2.24) is 15.2 Å². The summed E-state index contributed by atoms with van der Waals surface area (Å²) in [5.41, 5.74) is 6.03. The first-order valence-corrected chi connectivity index (χ1v) is 4.65. The third kappa shape index (κ3) is 1.98. The first-order chi connectivity index (χ1) is 7.20. The minimum atomic E-state index is -0.463. The molecule has 78 valence electrons. The van der Waals surface area contributed by atoms with Crippen molar-refractivity contribution in [3.8, 4) is 11.4 Å². The molecule has 2 aromatic rings. The Morgan fingerprint density at radius 1 is 1.47 bits per heavy atom. The van der Waals surface area contributed by atoms with Gasteiger partial charge < -0.3 is 5.73 Å². The lowest BCUT2D eigenvalue weighted by atomic mass is 10.2. The number of hydrogen-bond acceptors (Lipinski definition) is 3. The molecular weight excluding hydrogens is 219 g/mol. The van der Waals surface area contributed by atoms with Crippen molar-refractivity contribution in [1.29, 1.82) is 0 Å². The Morgan fingerprint density at radius 2 is 2.27 bits per heavy atom. The molecule has 0 unspecified atom stereocenters. The second-order valence-corrected chi connectivity index (χ2v) is 3.35. The average Bonchev–Trinajstić information content (AvgIpc) is 2.70. The van der Waals surface area contributed by atoms with Gasteiger partial charge in [-0.2, -0.15) is 5.10 Å². The topological polar surface area (TPSA) is 67.6 Å². The van der Waals surface area contributed by atoms with Crippen LogP contribution < -0.4 is 5.73 Å². The number of benzene rings is 1. The molecule has 0 aliphatic rings. The predicted molar refractivity (Wildman–Crippen MR) is 54.7 cm³/mol. The molecule has 0 aliphatic carbocycles. The van der Waals surface area contributed by atoms with Gasteiger partial charge in [0.25, 0.3) is 0 Å². The number of nitrogens with two attached hydrogens (primary N) is 1. The Bertz CT molecular complexity index is 483. The monoisotopic (exact) mass is 226 g/mol. The third-order valence-corrected chi connectivity index (χ3v) is 2.19. The standard InChI is InChI=1S/C9H8ClFN4/c10-6-3-5(1-2-7(6)11)9-13-8(4-12)14-15-9/h1-3H,4,12H2,(H,13,14,15). The van der Waals surface area contributed by atoms with Crippen molar-refractivity contribution in [2.24, 2.45) is 5.73 Å². The van der Waals surface area contributed by atoms with Gasteiger partial charge in [-0.1, -0.05) is 11.6 Å². The van der Waals surface area contributed by atoms with E-state index < -0.39 is 5.82 Å². The van der Waals surface area contributed by atoms with E-state index in [2.05, 4.69) is 15.2 Å². The zero-order valence-corrected chi connectivity index (χ0v) is 8.42. The van der Waals surface area contributed by atoms with Crippen LogP contribution in [0.4, 0.5) is 4.39 Å². The van der Waals surface area contributed by atoms with Gasteiger partial charge in [-0.15, -0.1) is 0 Å². The molecule has 0 aliphatic heterocycles. The molecule has 4 nitrogen and oxygen atoms in total. The maximum atomic E-state index is 12.9. The van der Waals surface area contributed by atoms with E-state index in [1.807, 2.05) is 0 Å². The fourth-order valence-electron chi connectivity index (χ4n) is 1.15. The molecule has 0 fully saturated rings. The number of rotatable bonds is 2. The summed E-state index contributed by atoms with van der Waals surface area (Å²) < 4.78 is 12.9. The number of H-pyrrole nitrogens is 1. The molecule has 0 atom stereocenters. The highest BCUT2D eigenvalue weighted by molar-refractivity contribution is 6.31. The molecule has 2 rings (SSSR count). The van der Waals surface area contributed by atoms with Crippen LogP contribution in [-0.4, -0.2) is 15.2 Å². The summed E-state index contributed by atoms with van der Waals surface area (Å²) in [4.78, 5) is 4.10. The second kappa shape index (κ2) is 3.96. The summed E-state index contributed by atoms with van der Waals surface area (Å²) in [5, 5.41) is 6.64. The number of nitrogens with one attached hydrogen (secondary N) is 1. The Morgan fingerprint density at radius 3 is 2.87 bits per heavy atom. The number of halogens is 2. The van der Waals surface area contributed by atoms with E-state index >= 15 is 0 Å². The summed E-state index contributed by atoms with van der Waals surface area (Å²) in [6.07, 6.45) is 0. The SMILES string of the molecule is NCc1nc(-c2ccc(F)c(Cl)c2)n[nH]1. The summed E-state index contributed by atoms with van der Waals surface area (Å²) in [6, 6.07) is 4.31. The Kier molecular flexibility index (Phi) is 2.66. The third-order valence-electron chi connectivity index (χ3n) is 1.90. The van der Waals surface area contributed by atoms with Gasteiger partial charge in [-0.05, 0) is 18.2 Å². The highest BCUT2D eigenvalue weighted by Gasteiger charge is 2.07. The molecule has 0 saturated heterocycles. The number of hydrogen-bond donors (Lipinski definition) is 2. The van der Waals surface area contributed by atoms with E-state index in [-0.39, 0.29) is 11.6 Å². The van der Waals surface area contributed by atoms with Gasteiger partial charge in [-0.3, -0.25) is 5.10 Å². The van der Waals surface area contributed by atoms with Gasteiger partial charge >= 0.3 is 0 Å². The maximum Gasteiger partial charge on any atom is 0.181 e. The van der Waals surface area contributed by atoms with E-state index in [4.69, 9.17) is 17.3 Å². The maximum absolute atomic E-state index is 12.9. The van der Waals surface area contributed by atoms with Gasteiger partial charge in [0.1, 0.15) is 11.6 Å². The minimum Gasteiger partial charge on any atom is -0.324 e. The lowest BCUT2D eigenvalue weighted by molar-refractivity contribution is 0.628. The van der Waals surface area contributed by atoms with Crippen molar-refractivity contribution in [3.05, 3.63) is 34.9 Å². The molecule has 1 aromatic heterocycles. The molecule has 1 heterocycles. The summed E-state index contributed by atoms with van der Waals surface area (Å²) in [5.74, 6) is 0.567. The van der Waals surface area contributed by atoms with Gasteiger partial charge in [-0.25, -0.2) is 9.37 Å². The van der Waals surface area contributed by atoms with Crippen LogP contribution in [0.15, 0.2) is 18.2 Å². The van der Waals surface area contributed by atoms with E-state index in [1.54, 1.807) is 6.07 Å². The van der Waals surface area contributed by atoms with Crippen LogP contribution in [0.1, 0.15) is 5.82 Å². The molecule has 1 aromatic carbocycles. The average molecular weight is 227 g/mol. The highest BCUT2D eigenvalue weighted by Crippen LogP contribution is 2.21. The van der Waals surface area contributed by atoms with Crippen molar-refractivity contribution in [2.45, 2.75) is 6.54 Å². The molecule has 0 radical (unpaired) electrons. The molecular formula is C9H8ClFN4. The van der Waals surface area contributed by atoms with Crippen LogP contribution >= 0.6 is 11.6 Å². The van der Waals surface area contributed by atoms with Gasteiger partial charge in [0.2, 0.25) is 0 Å². The minimum absolute atomic E-state index is 0.0478. The van der Waals surface area contributed by atoms with Crippen LogP contribution in [-0.2, 0) is 6.54 Å². The van der Waals surface area contributed by atoms with Crippen molar-refractivity contribution in [3.63, 3.8) is 0 Å². The van der Waals surface area contributed by atoms with E-state index in [9.17, 15) is 4.39 Å². The zero-order chi connectivity index (χ0) is 10.8. The van der Waals surface area contributed by atoms with Crippen molar-refractivity contribution < 1.29 is 4.39 Å². The molecule has 0 bridgehead atoms. The zero-order valence-electron chi connectivity index (χ0n) is 7.67. The van der Waals surface area contributed by atoms with Crippen LogP contribution in [0, 0.1) is 5.82 Å².